The van der Waals surface area contributed by atoms with Crippen LogP contribution in [0.25, 0.3) is 0 Å². The highest BCUT2D eigenvalue weighted by Crippen LogP contribution is 2.28. The van der Waals surface area contributed by atoms with Crippen LogP contribution in [0, 0.1) is 0 Å². The lowest BCUT2D eigenvalue weighted by Gasteiger charge is -2.22. The predicted molar refractivity (Wildman–Crippen MR) is 104 cm³/mol. The molecule has 0 bridgehead atoms. The third-order valence-electron chi connectivity index (χ3n) is 4.50. The van der Waals surface area contributed by atoms with E-state index in [9.17, 15) is 9.59 Å². The maximum absolute atomic E-state index is 12.6. The van der Waals surface area contributed by atoms with E-state index < -0.39 is 0 Å². The van der Waals surface area contributed by atoms with E-state index in [1.165, 1.54) is 0 Å². The summed E-state index contributed by atoms with van der Waals surface area (Å²) in [6, 6.07) is 13.0. The lowest BCUT2D eigenvalue weighted by atomic mass is 10.3. The van der Waals surface area contributed by atoms with Gasteiger partial charge in [0.1, 0.15) is 0 Å². The second-order valence-electron chi connectivity index (χ2n) is 6.61. The highest BCUT2D eigenvalue weighted by molar-refractivity contribution is 5.80. The molecule has 0 unspecified atom stereocenters. The molecular weight excluding hydrogens is 358 g/mol. The Morgan fingerprint density at radius 3 is 2.57 bits per heavy atom. The zero-order valence-corrected chi connectivity index (χ0v) is 16.0. The number of carbonyl (C=O) groups is 2. The molecular formula is C21H25N3O4. The van der Waals surface area contributed by atoms with Gasteiger partial charge >= 0.3 is 0 Å². The quantitative estimate of drug-likeness (QED) is 0.680. The van der Waals surface area contributed by atoms with Gasteiger partial charge in [0.15, 0.2) is 18.1 Å². The molecule has 1 heterocycles. The molecule has 1 aliphatic carbocycles. The molecule has 1 aliphatic rings. The van der Waals surface area contributed by atoms with Crippen LogP contribution in [-0.4, -0.2) is 48.0 Å². The number of hydrogen-bond donors (Lipinski definition) is 1. The summed E-state index contributed by atoms with van der Waals surface area (Å²) in [6.07, 6.45) is 3.88. The molecule has 148 valence electrons. The Hall–Kier alpha value is -3.09. The maximum atomic E-state index is 12.6. The topological polar surface area (TPSA) is 80.8 Å². The van der Waals surface area contributed by atoms with Gasteiger partial charge in [0.25, 0.3) is 5.91 Å². The minimum atomic E-state index is -0.120. The zero-order valence-electron chi connectivity index (χ0n) is 16.0. The number of rotatable bonds is 10. The van der Waals surface area contributed by atoms with Gasteiger partial charge in [-0.05, 0) is 37.1 Å². The van der Waals surface area contributed by atoms with Crippen LogP contribution in [0.3, 0.4) is 0 Å². The van der Waals surface area contributed by atoms with Gasteiger partial charge in [-0.3, -0.25) is 14.6 Å². The number of para-hydroxylation sites is 2. The summed E-state index contributed by atoms with van der Waals surface area (Å²) in [5, 5.41) is 2.84. The van der Waals surface area contributed by atoms with Crippen LogP contribution >= 0.6 is 0 Å². The fraction of sp³-hybridized carbons (Fsp3) is 0.381. The number of benzene rings is 1. The van der Waals surface area contributed by atoms with Crippen molar-refractivity contribution in [1.29, 1.82) is 0 Å². The van der Waals surface area contributed by atoms with Crippen LogP contribution in [0.2, 0.25) is 0 Å². The second kappa shape index (κ2) is 9.73. The number of pyridine rings is 1. The molecule has 0 radical (unpaired) electrons. The molecule has 28 heavy (non-hydrogen) atoms. The lowest BCUT2D eigenvalue weighted by Crippen LogP contribution is -2.39. The van der Waals surface area contributed by atoms with Crippen molar-refractivity contribution in [3.8, 4) is 11.5 Å². The molecule has 1 saturated carbocycles. The predicted octanol–water partition coefficient (Wildman–Crippen LogP) is 2.17. The fourth-order valence-electron chi connectivity index (χ4n) is 2.86. The van der Waals surface area contributed by atoms with Crippen LogP contribution in [0.1, 0.15) is 25.0 Å². The van der Waals surface area contributed by atoms with Gasteiger partial charge in [0.2, 0.25) is 5.91 Å². The smallest absolute Gasteiger partial charge is 0.260 e. The van der Waals surface area contributed by atoms with E-state index in [1.54, 1.807) is 30.3 Å². The van der Waals surface area contributed by atoms with E-state index in [0.717, 1.165) is 18.5 Å². The lowest BCUT2D eigenvalue weighted by molar-refractivity contribution is -0.134. The van der Waals surface area contributed by atoms with E-state index in [0.29, 0.717) is 24.6 Å². The Bertz CT molecular complexity index is 793. The standard InChI is InChI=1S/C21H25N3O4/c1-27-18-7-2-3-8-19(18)28-15-21(26)24(17-9-10-17)13-11-20(25)23-14-16-6-4-5-12-22-16/h2-8,12,17H,9-11,13-15H2,1H3,(H,23,25). The molecule has 0 atom stereocenters. The summed E-state index contributed by atoms with van der Waals surface area (Å²) < 4.78 is 10.9. The number of nitrogens with one attached hydrogen (secondary N) is 1. The van der Waals surface area contributed by atoms with Crippen LogP contribution in [-0.2, 0) is 16.1 Å². The Labute approximate surface area is 164 Å². The molecule has 0 aliphatic heterocycles. The summed E-state index contributed by atoms with van der Waals surface area (Å²) in [5.41, 5.74) is 0.802. The normalized spacial score (nSPS) is 12.9. The molecule has 1 aromatic heterocycles. The van der Waals surface area contributed by atoms with Gasteiger partial charge in [0.05, 0.1) is 19.3 Å². The van der Waals surface area contributed by atoms with E-state index in [-0.39, 0.29) is 30.9 Å². The Morgan fingerprint density at radius 1 is 1.14 bits per heavy atom. The average Bonchev–Trinajstić information content (AvgIpc) is 3.57. The first-order valence-electron chi connectivity index (χ1n) is 9.39. The Morgan fingerprint density at radius 2 is 1.89 bits per heavy atom. The first-order chi connectivity index (χ1) is 13.7. The van der Waals surface area contributed by atoms with Crippen LogP contribution in [0.4, 0.5) is 0 Å². The van der Waals surface area contributed by atoms with Gasteiger partial charge in [0, 0.05) is 25.2 Å². The Balaban J connectivity index is 1.46. The molecule has 1 aromatic carbocycles. The highest BCUT2D eigenvalue weighted by atomic mass is 16.5. The van der Waals surface area contributed by atoms with E-state index >= 15 is 0 Å². The Kier molecular flexibility index (Phi) is 6.84. The van der Waals surface area contributed by atoms with Crippen molar-refractivity contribution in [3.63, 3.8) is 0 Å². The number of hydrogen-bond acceptors (Lipinski definition) is 5. The summed E-state index contributed by atoms with van der Waals surface area (Å²) in [4.78, 5) is 30.7. The third kappa shape index (κ3) is 5.70. The average molecular weight is 383 g/mol. The minimum Gasteiger partial charge on any atom is -0.493 e. The van der Waals surface area contributed by atoms with Gasteiger partial charge in [-0.25, -0.2) is 0 Å². The van der Waals surface area contributed by atoms with Gasteiger partial charge < -0.3 is 19.7 Å². The molecule has 0 saturated heterocycles. The summed E-state index contributed by atoms with van der Waals surface area (Å²) >= 11 is 0. The van der Waals surface area contributed by atoms with Crippen molar-refractivity contribution in [2.75, 3.05) is 20.3 Å². The van der Waals surface area contributed by atoms with Crippen LogP contribution < -0.4 is 14.8 Å². The molecule has 1 N–H and O–H groups in total. The molecule has 2 aromatic rings. The molecule has 7 nitrogen and oxygen atoms in total. The van der Waals surface area contributed by atoms with Gasteiger partial charge in [-0.1, -0.05) is 18.2 Å². The number of nitrogens with zero attached hydrogens (tertiary/aromatic N) is 2. The first-order valence-corrected chi connectivity index (χ1v) is 9.39. The number of aromatic nitrogens is 1. The van der Waals surface area contributed by atoms with Gasteiger partial charge in [-0.2, -0.15) is 0 Å². The van der Waals surface area contributed by atoms with E-state index in [1.807, 2.05) is 30.3 Å². The van der Waals surface area contributed by atoms with Crippen molar-refractivity contribution >= 4 is 11.8 Å². The molecule has 1 fully saturated rings. The minimum absolute atomic E-state index is 0.0770. The molecule has 7 heteroatoms. The summed E-state index contributed by atoms with van der Waals surface area (Å²) in [5.74, 6) is 0.894. The highest BCUT2D eigenvalue weighted by Gasteiger charge is 2.32. The number of methoxy groups -OCH3 is 1. The molecule has 3 rings (SSSR count). The van der Waals surface area contributed by atoms with Crippen molar-refractivity contribution in [3.05, 3.63) is 54.4 Å². The van der Waals surface area contributed by atoms with E-state index in [2.05, 4.69) is 10.3 Å². The number of amides is 2. The largest absolute Gasteiger partial charge is 0.493 e. The van der Waals surface area contributed by atoms with E-state index in [4.69, 9.17) is 9.47 Å². The summed E-state index contributed by atoms with van der Waals surface area (Å²) in [7, 11) is 1.56. The first kappa shape index (κ1) is 19.7. The fourth-order valence-corrected chi connectivity index (χ4v) is 2.86. The van der Waals surface area contributed by atoms with Crippen molar-refractivity contribution in [2.45, 2.75) is 31.8 Å². The SMILES string of the molecule is COc1ccccc1OCC(=O)N(CCC(=O)NCc1ccccn1)C1CC1. The molecule has 2 amide bonds. The monoisotopic (exact) mass is 383 g/mol. The second-order valence-corrected chi connectivity index (χ2v) is 6.61. The van der Waals surface area contributed by atoms with Crippen molar-refractivity contribution < 1.29 is 19.1 Å². The number of carbonyl (C=O) groups excluding carboxylic acids is 2. The maximum Gasteiger partial charge on any atom is 0.260 e. The number of ether oxygens (including phenoxy) is 2. The molecule has 0 spiro atoms. The van der Waals surface area contributed by atoms with Crippen molar-refractivity contribution in [2.24, 2.45) is 0 Å². The van der Waals surface area contributed by atoms with Gasteiger partial charge in [-0.15, -0.1) is 0 Å². The summed E-state index contributed by atoms with van der Waals surface area (Å²) in [6.45, 7) is 0.688. The van der Waals surface area contributed by atoms with Crippen LogP contribution in [0.15, 0.2) is 48.7 Å². The van der Waals surface area contributed by atoms with Crippen molar-refractivity contribution in [1.82, 2.24) is 15.2 Å². The van der Waals surface area contributed by atoms with Crippen LogP contribution in [0.5, 0.6) is 11.5 Å². The zero-order chi connectivity index (χ0) is 19.8. The third-order valence-corrected chi connectivity index (χ3v) is 4.50.